The number of rotatable bonds is 3. The zero-order valence-corrected chi connectivity index (χ0v) is 16.2. The molecule has 2 aromatic rings. The molecular weight excluding hydrogens is 374 g/mol. The molecule has 0 aliphatic carbocycles. The number of amides is 3. The number of para-hydroxylation sites is 1. The molecule has 0 N–H and O–H groups in total. The number of thioether (sulfide) groups is 1. The van der Waals surface area contributed by atoms with Crippen molar-refractivity contribution in [3.63, 3.8) is 0 Å². The van der Waals surface area contributed by atoms with Gasteiger partial charge in [0.05, 0.1) is 11.4 Å². The van der Waals surface area contributed by atoms with Gasteiger partial charge in [-0.25, -0.2) is 0 Å². The van der Waals surface area contributed by atoms with Crippen LogP contribution in [0, 0.1) is 0 Å². The molecular formula is C21H21N3O3S. The first-order chi connectivity index (χ1) is 13.6. The number of piperazine rings is 1. The van der Waals surface area contributed by atoms with Crippen molar-refractivity contribution in [2.75, 3.05) is 43.4 Å². The van der Waals surface area contributed by atoms with Gasteiger partial charge < -0.3 is 14.7 Å². The largest absolute Gasteiger partial charge is 0.338 e. The summed E-state index contributed by atoms with van der Waals surface area (Å²) >= 11 is 1.50. The van der Waals surface area contributed by atoms with Crippen molar-refractivity contribution in [1.29, 1.82) is 0 Å². The van der Waals surface area contributed by atoms with Gasteiger partial charge in [-0.05, 0) is 24.3 Å². The van der Waals surface area contributed by atoms with Crippen molar-refractivity contribution in [3.05, 3.63) is 60.2 Å². The summed E-state index contributed by atoms with van der Waals surface area (Å²) in [5.74, 6) is 0.213. The lowest BCUT2D eigenvalue weighted by Crippen LogP contribution is -2.53. The number of fused-ring (bicyclic) bond motifs is 1. The van der Waals surface area contributed by atoms with Gasteiger partial charge in [-0.15, -0.1) is 11.8 Å². The summed E-state index contributed by atoms with van der Waals surface area (Å²) in [6, 6.07) is 16.8. The SMILES string of the molecule is O=C(CN1C(=O)CSc2ccccc21)N1CCN(C(=O)c2ccccc2)CC1. The van der Waals surface area contributed by atoms with E-state index >= 15 is 0 Å². The van der Waals surface area contributed by atoms with Crippen LogP contribution in [0.25, 0.3) is 0 Å². The molecule has 2 aromatic carbocycles. The van der Waals surface area contributed by atoms with Crippen LogP contribution in [0.1, 0.15) is 10.4 Å². The Morgan fingerprint density at radius 1 is 0.857 bits per heavy atom. The Hall–Kier alpha value is -2.80. The van der Waals surface area contributed by atoms with Crippen molar-refractivity contribution in [3.8, 4) is 0 Å². The number of benzene rings is 2. The van der Waals surface area contributed by atoms with E-state index in [1.807, 2.05) is 42.5 Å². The van der Waals surface area contributed by atoms with Crippen molar-refractivity contribution >= 4 is 35.2 Å². The highest BCUT2D eigenvalue weighted by Crippen LogP contribution is 2.34. The predicted molar refractivity (Wildman–Crippen MR) is 108 cm³/mol. The van der Waals surface area contributed by atoms with Gasteiger partial charge in [0.15, 0.2) is 0 Å². The fraction of sp³-hybridized carbons (Fsp3) is 0.286. The van der Waals surface area contributed by atoms with Crippen molar-refractivity contribution < 1.29 is 14.4 Å². The van der Waals surface area contributed by atoms with E-state index in [0.29, 0.717) is 37.5 Å². The van der Waals surface area contributed by atoms with Gasteiger partial charge in [0.25, 0.3) is 5.91 Å². The lowest BCUT2D eigenvalue weighted by Gasteiger charge is -2.36. The number of anilines is 1. The average Bonchev–Trinajstić information content (AvgIpc) is 2.76. The van der Waals surface area contributed by atoms with Crippen molar-refractivity contribution in [2.45, 2.75) is 4.90 Å². The molecule has 1 saturated heterocycles. The molecule has 0 aromatic heterocycles. The fourth-order valence-electron chi connectivity index (χ4n) is 3.48. The van der Waals surface area contributed by atoms with Crippen LogP contribution < -0.4 is 4.90 Å². The van der Waals surface area contributed by atoms with E-state index in [9.17, 15) is 14.4 Å². The molecule has 0 saturated carbocycles. The molecule has 2 heterocycles. The molecule has 0 unspecified atom stereocenters. The van der Waals surface area contributed by atoms with Gasteiger partial charge in [-0.3, -0.25) is 14.4 Å². The summed E-state index contributed by atoms with van der Waals surface area (Å²) in [7, 11) is 0. The first-order valence-electron chi connectivity index (χ1n) is 9.28. The maximum atomic E-state index is 12.8. The zero-order valence-electron chi connectivity index (χ0n) is 15.4. The van der Waals surface area contributed by atoms with Gasteiger partial charge in [0.2, 0.25) is 11.8 Å². The van der Waals surface area contributed by atoms with E-state index in [4.69, 9.17) is 0 Å². The van der Waals surface area contributed by atoms with Crippen LogP contribution in [-0.2, 0) is 9.59 Å². The van der Waals surface area contributed by atoms with E-state index in [1.54, 1.807) is 26.8 Å². The molecule has 4 rings (SSSR count). The summed E-state index contributed by atoms with van der Waals surface area (Å²) in [5, 5.41) is 0. The van der Waals surface area contributed by atoms with Crippen LogP contribution in [0.5, 0.6) is 0 Å². The maximum Gasteiger partial charge on any atom is 0.253 e. The summed E-state index contributed by atoms with van der Waals surface area (Å²) in [6.45, 7) is 2.01. The van der Waals surface area contributed by atoms with Crippen LogP contribution >= 0.6 is 11.8 Å². The molecule has 7 heteroatoms. The van der Waals surface area contributed by atoms with Gasteiger partial charge in [0.1, 0.15) is 6.54 Å². The third-order valence-corrected chi connectivity index (χ3v) is 6.09. The van der Waals surface area contributed by atoms with Gasteiger partial charge in [0, 0.05) is 36.6 Å². The third-order valence-electron chi connectivity index (χ3n) is 5.04. The second-order valence-electron chi connectivity index (χ2n) is 6.78. The molecule has 2 aliphatic rings. The Kier molecular flexibility index (Phi) is 5.34. The number of hydrogen-bond donors (Lipinski definition) is 0. The van der Waals surface area contributed by atoms with Crippen LogP contribution in [0.2, 0.25) is 0 Å². The summed E-state index contributed by atoms with van der Waals surface area (Å²) in [4.78, 5) is 43.8. The summed E-state index contributed by atoms with van der Waals surface area (Å²) < 4.78 is 0. The smallest absolute Gasteiger partial charge is 0.253 e. The van der Waals surface area contributed by atoms with Crippen LogP contribution in [0.3, 0.4) is 0 Å². The molecule has 0 bridgehead atoms. The molecule has 28 heavy (non-hydrogen) atoms. The molecule has 0 radical (unpaired) electrons. The second-order valence-corrected chi connectivity index (χ2v) is 7.79. The molecule has 3 amide bonds. The number of nitrogens with zero attached hydrogens (tertiary/aromatic N) is 3. The molecule has 144 valence electrons. The Labute approximate surface area is 168 Å². The van der Waals surface area contributed by atoms with Gasteiger partial charge in [-0.1, -0.05) is 30.3 Å². The highest BCUT2D eigenvalue weighted by molar-refractivity contribution is 8.00. The minimum Gasteiger partial charge on any atom is -0.338 e. The highest BCUT2D eigenvalue weighted by atomic mass is 32.2. The van der Waals surface area contributed by atoms with Gasteiger partial charge >= 0.3 is 0 Å². The first kappa shape index (κ1) is 18.6. The molecule has 0 atom stereocenters. The lowest BCUT2D eigenvalue weighted by atomic mass is 10.2. The van der Waals surface area contributed by atoms with E-state index in [2.05, 4.69) is 0 Å². The topological polar surface area (TPSA) is 60.9 Å². The minimum atomic E-state index is -0.0816. The summed E-state index contributed by atoms with van der Waals surface area (Å²) in [6.07, 6.45) is 0. The fourth-order valence-corrected chi connectivity index (χ4v) is 4.42. The molecule has 2 aliphatic heterocycles. The molecule has 6 nitrogen and oxygen atoms in total. The average molecular weight is 395 g/mol. The van der Waals surface area contributed by atoms with Crippen molar-refractivity contribution in [1.82, 2.24) is 9.80 Å². The van der Waals surface area contributed by atoms with E-state index < -0.39 is 0 Å². The number of carbonyl (C=O) groups is 3. The Morgan fingerprint density at radius 2 is 1.50 bits per heavy atom. The number of carbonyl (C=O) groups excluding carboxylic acids is 3. The standard InChI is InChI=1S/C21H21N3O3S/c25-19(14-24-17-8-4-5-9-18(17)28-15-20(24)26)22-10-12-23(13-11-22)21(27)16-6-2-1-3-7-16/h1-9H,10-15H2. The van der Waals surface area contributed by atoms with Gasteiger partial charge in [-0.2, -0.15) is 0 Å². The Morgan fingerprint density at radius 3 is 2.25 bits per heavy atom. The maximum absolute atomic E-state index is 12.8. The monoisotopic (exact) mass is 395 g/mol. The molecule has 1 fully saturated rings. The van der Waals surface area contributed by atoms with Crippen LogP contribution in [0.4, 0.5) is 5.69 Å². The van der Waals surface area contributed by atoms with Crippen LogP contribution in [0.15, 0.2) is 59.5 Å². The van der Waals surface area contributed by atoms with E-state index in [1.165, 1.54) is 11.8 Å². The summed E-state index contributed by atoms with van der Waals surface area (Å²) in [5.41, 5.74) is 1.46. The van der Waals surface area contributed by atoms with Crippen molar-refractivity contribution in [2.24, 2.45) is 0 Å². The van der Waals surface area contributed by atoms with E-state index in [0.717, 1.165) is 10.6 Å². The third kappa shape index (κ3) is 3.75. The quantitative estimate of drug-likeness (QED) is 0.799. The zero-order chi connectivity index (χ0) is 19.5. The molecule has 0 spiro atoms. The normalized spacial score (nSPS) is 16.7. The second kappa shape index (κ2) is 8.06. The van der Waals surface area contributed by atoms with Crippen LogP contribution in [-0.4, -0.2) is 66.0 Å². The lowest BCUT2D eigenvalue weighted by molar-refractivity contribution is -0.132. The van der Waals surface area contributed by atoms with E-state index in [-0.39, 0.29) is 24.3 Å². The predicted octanol–water partition coefficient (Wildman–Crippen LogP) is 2.11. The highest BCUT2D eigenvalue weighted by Gasteiger charge is 2.30. The Balaban J connectivity index is 1.37. The minimum absolute atomic E-state index is 0.00939. The Bertz CT molecular complexity index is 895. The number of hydrogen-bond acceptors (Lipinski definition) is 4. The first-order valence-corrected chi connectivity index (χ1v) is 10.3.